The summed E-state index contributed by atoms with van der Waals surface area (Å²) in [4.78, 5) is 0. The molecule has 0 spiro atoms. The van der Waals surface area contributed by atoms with Gasteiger partial charge in [-0.05, 0) is 242 Å². The molecular formula is C116H72O3. The summed E-state index contributed by atoms with van der Waals surface area (Å²) in [5, 5.41) is 27.0. The molecular weight excluding hydrogens is 1440 g/mol. The van der Waals surface area contributed by atoms with Crippen molar-refractivity contribution in [3.63, 3.8) is 0 Å². The molecule has 3 nitrogen and oxygen atoms in total. The molecule has 0 fully saturated rings. The van der Waals surface area contributed by atoms with Crippen molar-refractivity contribution in [3.05, 3.63) is 437 Å². The summed E-state index contributed by atoms with van der Waals surface area (Å²) in [5.41, 5.74) is 25.3. The van der Waals surface area contributed by atoms with E-state index >= 15 is 0 Å². The maximum atomic E-state index is 6.23. The minimum absolute atomic E-state index is 0.917. The van der Waals surface area contributed by atoms with E-state index in [0.29, 0.717) is 0 Å². The van der Waals surface area contributed by atoms with Gasteiger partial charge in [-0.2, -0.15) is 0 Å². The highest BCUT2D eigenvalue weighted by atomic mass is 16.3. The zero-order valence-electron chi connectivity index (χ0n) is 64.8. The molecule has 0 atom stereocenters. The molecule has 22 aromatic carbocycles. The fourth-order valence-corrected chi connectivity index (χ4v) is 19.0. The summed E-state index contributed by atoms with van der Waals surface area (Å²) >= 11 is 0. The van der Waals surface area contributed by atoms with Crippen LogP contribution in [0.3, 0.4) is 0 Å². The lowest BCUT2D eigenvalue weighted by Gasteiger charge is -2.18. The Kier molecular flexibility index (Phi) is 16.6. The van der Waals surface area contributed by atoms with Crippen molar-refractivity contribution >= 4 is 152 Å². The number of furan rings is 3. The van der Waals surface area contributed by atoms with Gasteiger partial charge in [0, 0.05) is 32.3 Å². The average molecular weight is 1510 g/mol. The van der Waals surface area contributed by atoms with E-state index in [1.54, 1.807) is 0 Å². The standard InChI is InChI=1S/2C42H26O.C32H20O/c1-2-11-28-24-30(21-20-27(28)10-1)29-12-9-13-31(25-29)41-34-15-3-5-17-36(34)42(37-18-6-4-16-35(37)41)32-22-23-40-38(26-32)33-14-7-8-19-39(33)43-40;1-2-10-30-25-31(22-19-27(30)9-1)28-17-20-29(21-18-28)41-34-12-3-5-14-36(34)42(37-15-6-4-13-35(37)41)32-23-24-40-38(26-32)33-11-7-8-16-39(33)43-40;1-2-11-21(12-3-1)30-22-13-4-6-15-24(22)31(25-16-7-5-14-23(25)30)27-18-10-20-29-32(27)26-17-8-9-19-28(26)33-29/h2*1-26H;1-20H. The molecule has 0 bridgehead atoms. The molecule has 0 aliphatic carbocycles. The van der Waals surface area contributed by atoms with Crippen molar-refractivity contribution in [1.82, 2.24) is 0 Å². The van der Waals surface area contributed by atoms with Gasteiger partial charge < -0.3 is 13.3 Å². The number of rotatable bonds is 8. The SMILES string of the molecule is c1cc(-c2ccc3ccccc3c2)cc(-c2c3ccccc3c(-c3ccc4oc5ccccc5c4c3)c3ccccc23)c1.c1ccc(-c2c3ccccc3c(-c3cccc4oc5ccccc5c34)c3ccccc23)cc1.c1ccc2cc(-c3ccc(-c4c5ccccc5c(-c5ccc6oc7ccccc7c6c5)c5ccccc45)cc3)ccc2c1. The molecule has 0 radical (unpaired) electrons. The van der Waals surface area contributed by atoms with E-state index in [4.69, 9.17) is 13.3 Å². The van der Waals surface area contributed by atoms with Crippen LogP contribution in [0, 0.1) is 0 Å². The fourth-order valence-electron chi connectivity index (χ4n) is 19.0. The van der Waals surface area contributed by atoms with Crippen LogP contribution in [-0.4, -0.2) is 0 Å². The van der Waals surface area contributed by atoms with E-state index in [1.165, 1.54) is 181 Å². The van der Waals surface area contributed by atoms with E-state index < -0.39 is 0 Å². The summed E-state index contributed by atoms with van der Waals surface area (Å²) in [6.07, 6.45) is 0. The minimum Gasteiger partial charge on any atom is -0.456 e. The molecule has 0 amide bonds. The van der Waals surface area contributed by atoms with Crippen LogP contribution in [0.2, 0.25) is 0 Å². The van der Waals surface area contributed by atoms with Crippen LogP contribution in [-0.2, 0) is 0 Å². The fraction of sp³-hybridized carbons (Fsp3) is 0. The Hall–Kier alpha value is -15.7. The number of fused-ring (bicyclic) bond motifs is 17. The van der Waals surface area contributed by atoms with Crippen molar-refractivity contribution in [2.75, 3.05) is 0 Å². The summed E-state index contributed by atoms with van der Waals surface area (Å²) in [7, 11) is 0. The predicted octanol–water partition coefficient (Wildman–Crippen LogP) is 33.3. The molecule has 25 aromatic rings. The quantitative estimate of drug-likeness (QED) is 0.142. The van der Waals surface area contributed by atoms with Gasteiger partial charge >= 0.3 is 0 Å². The van der Waals surface area contributed by atoms with Crippen LogP contribution >= 0.6 is 0 Å². The first-order valence-corrected chi connectivity index (χ1v) is 40.8. The lowest BCUT2D eigenvalue weighted by molar-refractivity contribution is 0.668. The highest BCUT2D eigenvalue weighted by Gasteiger charge is 2.24. The first-order valence-electron chi connectivity index (χ1n) is 40.8. The zero-order valence-corrected chi connectivity index (χ0v) is 64.8. The molecule has 554 valence electrons. The van der Waals surface area contributed by atoms with Crippen LogP contribution in [0.1, 0.15) is 0 Å². The molecule has 3 heterocycles. The zero-order chi connectivity index (χ0) is 78.4. The Bertz CT molecular complexity index is 8190. The van der Waals surface area contributed by atoms with Gasteiger partial charge in [-0.15, -0.1) is 0 Å². The van der Waals surface area contributed by atoms with Gasteiger partial charge in [-0.1, -0.05) is 370 Å². The molecule has 0 aliphatic heterocycles. The van der Waals surface area contributed by atoms with Crippen LogP contribution in [0.5, 0.6) is 0 Å². The van der Waals surface area contributed by atoms with Gasteiger partial charge in [-0.3, -0.25) is 0 Å². The van der Waals surface area contributed by atoms with Crippen molar-refractivity contribution in [2.45, 2.75) is 0 Å². The second-order valence-electron chi connectivity index (χ2n) is 31.1. The van der Waals surface area contributed by atoms with E-state index in [9.17, 15) is 0 Å². The summed E-state index contributed by atoms with van der Waals surface area (Å²) in [5.74, 6) is 0. The van der Waals surface area contributed by atoms with Crippen LogP contribution in [0.4, 0.5) is 0 Å². The smallest absolute Gasteiger partial charge is 0.136 e. The number of hydrogen-bond acceptors (Lipinski definition) is 3. The normalized spacial score (nSPS) is 11.7. The monoisotopic (exact) mass is 1510 g/mol. The number of benzene rings is 22. The summed E-state index contributed by atoms with van der Waals surface area (Å²) < 4.78 is 18.6. The lowest BCUT2D eigenvalue weighted by Crippen LogP contribution is -1.91. The molecule has 0 saturated carbocycles. The third-order valence-corrected chi connectivity index (χ3v) is 24.3. The molecule has 0 aliphatic rings. The molecule has 3 heteroatoms. The third kappa shape index (κ3) is 11.8. The van der Waals surface area contributed by atoms with E-state index in [1.807, 2.05) is 36.4 Å². The van der Waals surface area contributed by atoms with Crippen molar-refractivity contribution < 1.29 is 13.3 Å². The maximum absolute atomic E-state index is 6.23. The van der Waals surface area contributed by atoms with Crippen molar-refractivity contribution in [1.29, 1.82) is 0 Å². The van der Waals surface area contributed by atoms with Gasteiger partial charge in [0.25, 0.3) is 0 Å². The second-order valence-corrected chi connectivity index (χ2v) is 31.1. The van der Waals surface area contributed by atoms with Gasteiger partial charge in [-0.25, -0.2) is 0 Å². The Morgan fingerprint density at radius 3 is 0.824 bits per heavy atom. The van der Waals surface area contributed by atoms with Crippen LogP contribution in [0.25, 0.3) is 241 Å². The molecule has 3 aromatic heterocycles. The Morgan fingerprint density at radius 2 is 0.378 bits per heavy atom. The average Bonchev–Trinajstić information content (AvgIpc) is 1.64. The number of para-hydroxylation sites is 3. The van der Waals surface area contributed by atoms with Crippen molar-refractivity contribution in [3.8, 4) is 89.0 Å². The highest BCUT2D eigenvalue weighted by molar-refractivity contribution is 6.27. The Balaban J connectivity index is 0.000000105. The topological polar surface area (TPSA) is 39.4 Å². The highest BCUT2D eigenvalue weighted by Crippen LogP contribution is 2.51. The van der Waals surface area contributed by atoms with Gasteiger partial charge in [0.05, 0.1) is 0 Å². The first kappa shape index (κ1) is 68.9. The number of hydrogen-bond donors (Lipinski definition) is 0. The maximum Gasteiger partial charge on any atom is 0.136 e. The van der Waals surface area contributed by atoms with Crippen molar-refractivity contribution in [2.24, 2.45) is 0 Å². The van der Waals surface area contributed by atoms with Gasteiger partial charge in [0.1, 0.15) is 33.5 Å². The molecule has 25 rings (SSSR count). The van der Waals surface area contributed by atoms with Gasteiger partial charge in [0.2, 0.25) is 0 Å². The van der Waals surface area contributed by atoms with E-state index in [0.717, 1.165) is 60.4 Å². The van der Waals surface area contributed by atoms with E-state index in [-0.39, 0.29) is 0 Å². The third-order valence-electron chi connectivity index (χ3n) is 24.3. The van der Waals surface area contributed by atoms with E-state index in [2.05, 4.69) is 400 Å². The van der Waals surface area contributed by atoms with Crippen LogP contribution < -0.4 is 0 Å². The van der Waals surface area contributed by atoms with Gasteiger partial charge in [0.15, 0.2) is 0 Å². The second kappa shape index (κ2) is 28.7. The summed E-state index contributed by atoms with van der Waals surface area (Å²) in [6, 6.07) is 157. The molecule has 119 heavy (non-hydrogen) atoms. The largest absolute Gasteiger partial charge is 0.456 e. The molecule has 0 N–H and O–H groups in total. The predicted molar refractivity (Wildman–Crippen MR) is 505 cm³/mol. The Morgan fingerprint density at radius 1 is 0.118 bits per heavy atom. The Labute approximate surface area is 686 Å². The molecule has 0 unspecified atom stereocenters. The summed E-state index contributed by atoms with van der Waals surface area (Å²) in [6.45, 7) is 0. The minimum atomic E-state index is 0.917. The lowest BCUT2D eigenvalue weighted by atomic mass is 9.85. The van der Waals surface area contributed by atoms with Crippen LogP contribution in [0.15, 0.2) is 450 Å². The molecule has 0 saturated heterocycles. The first-order chi connectivity index (χ1) is 59.0.